The summed E-state index contributed by atoms with van der Waals surface area (Å²) in [6.45, 7) is 1.28. The van der Waals surface area contributed by atoms with Gasteiger partial charge in [0.2, 0.25) is 6.41 Å². The van der Waals surface area contributed by atoms with Gasteiger partial charge in [-0.15, -0.1) is 0 Å². The number of nitrogens with one attached hydrogen (secondary N) is 2. The zero-order valence-electron chi connectivity index (χ0n) is 21.3. The average Bonchev–Trinajstić information content (AvgIpc) is 3.38. The van der Waals surface area contributed by atoms with Crippen LogP contribution in [0.15, 0.2) is 54.6 Å². The minimum absolute atomic E-state index is 0.0232. The summed E-state index contributed by atoms with van der Waals surface area (Å²) in [7, 11) is 1.41. The van der Waals surface area contributed by atoms with Gasteiger partial charge in [-0.25, -0.2) is 0 Å². The van der Waals surface area contributed by atoms with Crippen LogP contribution in [-0.2, 0) is 16.1 Å². The van der Waals surface area contributed by atoms with E-state index in [4.69, 9.17) is 27.9 Å². The number of carboxylic acids is 1. The highest BCUT2D eigenvalue weighted by atomic mass is 35.5. The number of nitrogens with zero attached hydrogens (tertiary/aromatic N) is 1. The standard InChI is InChI=1S/C28H26Cl2F3N3O4/c1-40-24-12-23(21(29)11-19(24)14-36-9-8-18(13-36)27(38)39)35-26(28(31,32)33)17-5-2-4-16(10-17)20-6-3-7-22(25(20)30)34-15-37/h2-7,10-12,15,18,26,35H,8-9,13-14H2,1H3,(H,34,37)(H,38,39). The van der Waals surface area contributed by atoms with Crippen LogP contribution in [0.25, 0.3) is 11.1 Å². The first kappa shape index (κ1) is 29.5. The van der Waals surface area contributed by atoms with Gasteiger partial charge in [0.15, 0.2) is 0 Å². The van der Waals surface area contributed by atoms with E-state index in [1.165, 1.54) is 37.4 Å². The second-order valence-corrected chi connectivity index (χ2v) is 10.2. The number of halogens is 5. The zero-order chi connectivity index (χ0) is 29.0. The van der Waals surface area contributed by atoms with Crippen molar-refractivity contribution in [2.75, 3.05) is 30.8 Å². The van der Waals surface area contributed by atoms with Crippen LogP contribution in [0.3, 0.4) is 0 Å². The molecule has 0 aromatic heterocycles. The van der Waals surface area contributed by atoms with Gasteiger partial charge in [-0.05, 0) is 42.3 Å². The van der Waals surface area contributed by atoms with Crippen LogP contribution in [0, 0.1) is 5.92 Å². The highest BCUT2D eigenvalue weighted by molar-refractivity contribution is 6.36. The van der Waals surface area contributed by atoms with Crippen molar-refractivity contribution < 1.29 is 32.6 Å². The molecular weight excluding hydrogens is 570 g/mol. The fourth-order valence-corrected chi connectivity index (χ4v) is 5.29. The molecule has 4 rings (SSSR count). The predicted molar refractivity (Wildman–Crippen MR) is 148 cm³/mol. The number of rotatable bonds is 10. The summed E-state index contributed by atoms with van der Waals surface area (Å²) in [5, 5.41) is 14.5. The lowest BCUT2D eigenvalue weighted by Crippen LogP contribution is -2.28. The van der Waals surface area contributed by atoms with Gasteiger partial charge in [0.05, 0.1) is 34.4 Å². The molecule has 1 saturated heterocycles. The third-order valence-corrected chi connectivity index (χ3v) is 7.48. The highest BCUT2D eigenvalue weighted by Crippen LogP contribution is 2.42. The van der Waals surface area contributed by atoms with E-state index < -0.39 is 24.1 Å². The quantitative estimate of drug-likeness (QED) is 0.222. The first-order valence-electron chi connectivity index (χ1n) is 12.3. The molecule has 0 saturated carbocycles. The molecule has 0 radical (unpaired) electrons. The van der Waals surface area contributed by atoms with Crippen molar-refractivity contribution in [3.63, 3.8) is 0 Å². The van der Waals surface area contributed by atoms with Gasteiger partial charge >= 0.3 is 12.1 Å². The maximum absolute atomic E-state index is 14.4. The molecule has 212 valence electrons. The van der Waals surface area contributed by atoms with Gasteiger partial charge in [0.1, 0.15) is 11.8 Å². The Hall–Kier alpha value is -3.47. The summed E-state index contributed by atoms with van der Waals surface area (Å²) in [5.41, 5.74) is 1.79. The van der Waals surface area contributed by atoms with Crippen molar-refractivity contribution in [2.24, 2.45) is 5.92 Å². The molecule has 0 spiro atoms. The lowest BCUT2D eigenvalue weighted by molar-refractivity contribution is -0.144. The highest BCUT2D eigenvalue weighted by Gasteiger charge is 2.41. The number of carbonyl (C=O) groups excluding carboxylic acids is 1. The Kier molecular flexibility index (Phi) is 9.12. The third-order valence-electron chi connectivity index (χ3n) is 6.76. The summed E-state index contributed by atoms with van der Waals surface area (Å²) < 4.78 is 48.6. The number of anilines is 2. The first-order valence-corrected chi connectivity index (χ1v) is 13.0. The molecule has 3 aromatic carbocycles. The number of likely N-dealkylation sites (tertiary alicyclic amines) is 1. The lowest BCUT2D eigenvalue weighted by Gasteiger charge is -2.25. The third kappa shape index (κ3) is 6.63. The van der Waals surface area contributed by atoms with Gasteiger partial charge < -0.3 is 20.5 Å². The van der Waals surface area contributed by atoms with Gasteiger partial charge in [0.25, 0.3) is 0 Å². The Morgan fingerprint density at radius 3 is 2.58 bits per heavy atom. The molecule has 1 fully saturated rings. The summed E-state index contributed by atoms with van der Waals surface area (Å²) in [5.74, 6) is -1.00. The lowest BCUT2D eigenvalue weighted by atomic mass is 9.98. The molecule has 1 amide bonds. The van der Waals surface area contributed by atoms with Crippen LogP contribution < -0.4 is 15.4 Å². The van der Waals surface area contributed by atoms with E-state index in [2.05, 4.69) is 10.6 Å². The Labute approximate surface area is 238 Å². The molecule has 1 aliphatic heterocycles. The fourth-order valence-electron chi connectivity index (χ4n) is 4.76. The van der Waals surface area contributed by atoms with Crippen molar-refractivity contribution in [3.8, 4) is 16.9 Å². The Bertz CT molecular complexity index is 1400. The largest absolute Gasteiger partial charge is 0.496 e. The number of benzene rings is 3. The summed E-state index contributed by atoms with van der Waals surface area (Å²) >= 11 is 12.9. The molecule has 7 nitrogen and oxygen atoms in total. The fraction of sp³-hybridized carbons (Fsp3) is 0.286. The van der Waals surface area contributed by atoms with Crippen LogP contribution in [-0.4, -0.2) is 48.8 Å². The molecule has 40 heavy (non-hydrogen) atoms. The minimum Gasteiger partial charge on any atom is -0.496 e. The predicted octanol–water partition coefficient (Wildman–Crippen LogP) is 6.86. The van der Waals surface area contributed by atoms with Crippen molar-refractivity contribution >= 4 is 47.0 Å². The van der Waals surface area contributed by atoms with E-state index in [0.29, 0.717) is 60.6 Å². The van der Waals surface area contributed by atoms with Crippen molar-refractivity contribution in [3.05, 3.63) is 75.8 Å². The minimum atomic E-state index is -4.69. The summed E-state index contributed by atoms with van der Waals surface area (Å²) in [6, 6.07) is 11.5. The SMILES string of the molecule is COc1cc(NC(c2cccc(-c3cccc(NC=O)c3Cl)c2)C(F)(F)F)c(Cl)cc1CN1CCC(C(=O)O)C1. The second-order valence-electron chi connectivity index (χ2n) is 9.38. The monoisotopic (exact) mass is 595 g/mol. The van der Waals surface area contributed by atoms with E-state index in [9.17, 15) is 27.9 Å². The van der Waals surface area contributed by atoms with Crippen LogP contribution >= 0.6 is 23.2 Å². The van der Waals surface area contributed by atoms with Crippen LogP contribution in [0.1, 0.15) is 23.6 Å². The maximum atomic E-state index is 14.4. The van der Waals surface area contributed by atoms with E-state index in [-0.39, 0.29) is 21.3 Å². The normalized spacial score (nSPS) is 16.4. The van der Waals surface area contributed by atoms with Gasteiger partial charge in [-0.1, -0.05) is 53.5 Å². The van der Waals surface area contributed by atoms with E-state index >= 15 is 0 Å². The van der Waals surface area contributed by atoms with E-state index in [0.717, 1.165) is 0 Å². The number of aliphatic carboxylic acids is 1. The molecular formula is C28H26Cl2F3N3O4. The molecule has 12 heteroatoms. The Balaban J connectivity index is 1.63. The molecule has 0 aliphatic carbocycles. The van der Waals surface area contributed by atoms with Crippen LogP contribution in [0.5, 0.6) is 5.75 Å². The summed E-state index contributed by atoms with van der Waals surface area (Å²) in [4.78, 5) is 24.1. The Morgan fingerprint density at radius 1 is 1.18 bits per heavy atom. The molecule has 2 atom stereocenters. The Morgan fingerprint density at radius 2 is 1.93 bits per heavy atom. The van der Waals surface area contributed by atoms with Gasteiger partial charge in [-0.2, -0.15) is 13.2 Å². The number of methoxy groups -OCH3 is 1. The molecule has 1 heterocycles. The number of ether oxygens (including phenoxy) is 1. The zero-order valence-corrected chi connectivity index (χ0v) is 22.8. The number of alkyl halides is 3. The molecule has 3 aromatic rings. The molecule has 1 aliphatic rings. The second kappa shape index (κ2) is 12.4. The van der Waals surface area contributed by atoms with Gasteiger partial charge in [-0.3, -0.25) is 14.5 Å². The molecule has 0 bridgehead atoms. The summed E-state index contributed by atoms with van der Waals surface area (Å²) in [6.07, 6.45) is -3.72. The number of hydrogen-bond donors (Lipinski definition) is 3. The van der Waals surface area contributed by atoms with Gasteiger partial charge in [0, 0.05) is 30.3 Å². The van der Waals surface area contributed by atoms with E-state index in [1.54, 1.807) is 24.3 Å². The number of amides is 1. The number of hydrogen-bond acceptors (Lipinski definition) is 5. The topological polar surface area (TPSA) is 90.9 Å². The van der Waals surface area contributed by atoms with Crippen molar-refractivity contribution in [1.82, 2.24) is 4.90 Å². The van der Waals surface area contributed by atoms with E-state index in [1.807, 2.05) is 4.90 Å². The number of carbonyl (C=O) groups is 2. The molecule has 3 N–H and O–H groups in total. The number of carboxylic acid groups (broad SMARTS) is 1. The first-order chi connectivity index (χ1) is 19.0. The maximum Gasteiger partial charge on any atom is 0.412 e. The van der Waals surface area contributed by atoms with Crippen LogP contribution in [0.4, 0.5) is 24.5 Å². The van der Waals surface area contributed by atoms with Crippen LogP contribution in [0.2, 0.25) is 10.0 Å². The smallest absolute Gasteiger partial charge is 0.412 e. The van der Waals surface area contributed by atoms with Crippen molar-refractivity contribution in [2.45, 2.75) is 25.2 Å². The van der Waals surface area contributed by atoms with Crippen molar-refractivity contribution in [1.29, 1.82) is 0 Å². The average molecular weight is 596 g/mol. The molecule has 2 unspecified atom stereocenters.